The van der Waals surface area contributed by atoms with Crippen molar-refractivity contribution in [2.75, 3.05) is 18.5 Å². The fourth-order valence-electron chi connectivity index (χ4n) is 4.60. The second-order valence-electron chi connectivity index (χ2n) is 10.6. The SMILES string of the molecule is CCCCOC(=O)Nc1cnc(-c2ccccc2)n(CC(=O)NC(Cc2ccccc2)C(=O)C(=O)CCCOc2ccccn2)c1=O. The number of anilines is 1. The number of carbonyl (C=O) groups excluding carboxylic acids is 4. The zero-order valence-corrected chi connectivity index (χ0v) is 26.1. The highest BCUT2D eigenvalue weighted by Gasteiger charge is 2.27. The van der Waals surface area contributed by atoms with E-state index in [0.717, 1.165) is 16.6 Å². The first-order chi connectivity index (χ1) is 22.9. The second-order valence-corrected chi connectivity index (χ2v) is 10.6. The predicted octanol–water partition coefficient (Wildman–Crippen LogP) is 4.38. The van der Waals surface area contributed by atoms with Crippen LogP contribution in [0.3, 0.4) is 0 Å². The molecule has 0 radical (unpaired) electrons. The molecule has 0 fully saturated rings. The van der Waals surface area contributed by atoms with E-state index in [2.05, 4.69) is 20.6 Å². The lowest BCUT2D eigenvalue weighted by molar-refractivity contribution is -0.139. The third kappa shape index (κ3) is 10.5. The molecule has 2 aromatic heterocycles. The van der Waals surface area contributed by atoms with Crippen LogP contribution in [0.5, 0.6) is 5.88 Å². The Kier molecular flexibility index (Phi) is 12.9. The van der Waals surface area contributed by atoms with E-state index < -0.39 is 41.7 Å². The van der Waals surface area contributed by atoms with Gasteiger partial charge in [-0.2, -0.15) is 0 Å². The number of aromatic nitrogens is 3. The van der Waals surface area contributed by atoms with Crippen LogP contribution < -0.4 is 20.9 Å². The zero-order chi connectivity index (χ0) is 33.4. The summed E-state index contributed by atoms with van der Waals surface area (Å²) in [6.07, 6.45) is 3.70. The molecule has 0 aliphatic heterocycles. The average Bonchev–Trinajstić information content (AvgIpc) is 3.09. The summed E-state index contributed by atoms with van der Waals surface area (Å²) < 4.78 is 11.7. The predicted molar refractivity (Wildman–Crippen MR) is 175 cm³/mol. The molecule has 12 nitrogen and oxygen atoms in total. The van der Waals surface area contributed by atoms with E-state index in [4.69, 9.17) is 9.47 Å². The molecule has 4 aromatic rings. The first-order valence-electron chi connectivity index (χ1n) is 15.4. The smallest absolute Gasteiger partial charge is 0.411 e. The van der Waals surface area contributed by atoms with E-state index in [9.17, 15) is 24.0 Å². The van der Waals surface area contributed by atoms with Crippen molar-refractivity contribution in [1.82, 2.24) is 19.9 Å². The van der Waals surface area contributed by atoms with Crippen molar-refractivity contribution in [3.05, 3.63) is 107 Å². The van der Waals surface area contributed by atoms with Crippen molar-refractivity contribution in [2.24, 2.45) is 0 Å². The third-order valence-corrected chi connectivity index (χ3v) is 6.99. The quantitative estimate of drug-likeness (QED) is 0.126. The lowest BCUT2D eigenvalue weighted by Crippen LogP contribution is -2.47. The van der Waals surface area contributed by atoms with E-state index in [0.29, 0.717) is 17.9 Å². The molecule has 1 unspecified atom stereocenters. The number of nitrogens with one attached hydrogen (secondary N) is 2. The summed E-state index contributed by atoms with van der Waals surface area (Å²) in [6, 6.07) is 21.7. The van der Waals surface area contributed by atoms with Gasteiger partial charge in [-0.1, -0.05) is 80.1 Å². The average molecular weight is 640 g/mol. The molecule has 0 saturated heterocycles. The number of ether oxygens (including phenoxy) is 2. The largest absolute Gasteiger partial charge is 0.478 e. The van der Waals surface area contributed by atoms with Crippen LogP contribution in [0.2, 0.25) is 0 Å². The minimum atomic E-state index is -1.19. The Morgan fingerprint density at radius 3 is 2.30 bits per heavy atom. The second kappa shape index (κ2) is 17.7. The van der Waals surface area contributed by atoms with E-state index in [1.54, 1.807) is 79.0 Å². The van der Waals surface area contributed by atoms with Gasteiger partial charge in [0.1, 0.15) is 18.1 Å². The van der Waals surface area contributed by atoms with Crippen LogP contribution in [0.15, 0.2) is 96.1 Å². The summed E-state index contributed by atoms with van der Waals surface area (Å²) in [7, 11) is 0. The van der Waals surface area contributed by atoms with Gasteiger partial charge in [-0.05, 0) is 24.5 Å². The van der Waals surface area contributed by atoms with E-state index in [-0.39, 0.29) is 44.0 Å². The number of carbonyl (C=O) groups is 4. The van der Waals surface area contributed by atoms with Gasteiger partial charge < -0.3 is 14.8 Å². The maximum atomic E-state index is 13.6. The molecule has 0 aliphatic carbocycles. The normalized spacial score (nSPS) is 11.3. The highest BCUT2D eigenvalue weighted by molar-refractivity contribution is 6.39. The molecule has 0 bridgehead atoms. The van der Waals surface area contributed by atoms with Crippen LogP contribution in [-0.2, 0) is 32.1 Å². The maximum Gasteiger partial charge on any atom is 0.411 e. The van der Waals surface area contributed by atoms with Crippen molar-refractivity contribution in [2.45, 2.75) is 51.6 Å². The van der Waals surface area contributed by atoms with Gasteiger partial charge >= 0.3 is 6.09 Å². The minimum absolute atomic E-state index is 0.0610. The van der Waals surface area contributed by atoms with Gasteiger partial charge in [-0.3, -0.25) is 29.1 Å². The summed E-state index contributed by atoms with van der Waals surface area (Å²) >= 11 is 0. The van der Waals surface area contributed by atoms with E-state index in [1.807, 2.05) is 13.0 Å². The number of ketones is 2. The molecule has 12 heteroatoms. The number of rotatable bonds is 17. The number of benzene rings is 2. The molecule has 2 amide bonds. The van der Waals surface area contributed by atoms with Gasteiger partial charge in [0.05, 0.1) is 25.5 Å². The van der Waals surface area contributed by atoms with E-state index >= 15 is 0 Å². The van der Waals surface area contributed by atoms with Crippen LogP contribution >= 0.6 is 0 Å². The van der Waals surface area contributed by atoms with Crippen LogP contribution in [-0.4, -0.2) is 57.4 Å². The Morgan fingerprint density at radius 1 is 0.872 bits per heavy atom. The molecule has 2 aromatic carbocycles. The number of unbranched alkanes of at least 4 members (excludes halogenated alkanes) is 1. The Morgan fingerprint density at radius 2 is 1.60 bits per heavy atom. The Hall–Kier alpha value is -5.65. The monoisotopic (exact) mass is 639 g/mol. The van der Waals surface area contributed by atoms with E-state index in [1.165, 1.54) is 6.20 Å². The fourth-order valence-corrected chi connectivity index (χ4v) is 4.60. The summed E-state index contributed by atoms with van der Waals surface area (Å²) in [5.41, 5.74) is 0.402. The first kappa shape index (κ1) is 34.2. The number of amides is 2. The first-order valence-corrected chi connectivity index (χ1v) is 15.4. The summed E-state index contributed by atoms with van der Waals surface area (Å²) in [6.45, 7) is 1.77. The Balaban J connectivity index is 1.51. The van der Waals surface area contributed by atoms with Crippen molar-refractivity contribution in [3.63, 3.8) is 0 Å². The molecule has 0 saturated carbocycles. The highest BCUT2D eigenvalue weighted by Crippen LogP contribution is 2.17. The van der Waals surface area contributed by atoms with Crippen molar-refractivity contribution >= 4 is 29.3 Å². The summed E-state index contributed by atoms with van der Waals surface area (Å²) in [5, 5.41) is 5.06. The number of pyridine rings is 1. The summed E-state index contributed by atoms with van der Waals surface area (Å²) in [4.78, 5) is 74.1. The van der Waals surface area contributed by atoms with Crippen LogP contribution in [0.4, 0.5) is 10.5 Å². The molecule has 2 heterocycles. The van der Waals surface area contributed by atoms with Gasteiger partial charge in [-0.25, -0.2) is 14.8 Å². The van der Waals surface area contributed by atoms with Crippen molar-refractivity contribution in [1.29, 1.82) is 0 Å². The molecular formula is C35H37N5O7. The number of hydrogen-bond acceptors (Lipinski definition) is 9. The zero-order valence-electron chi connectivity index (χ0n) is 26.1. The van der Waals surface area contributed by atoms with Crippen LogP contribution in [0.1, 0.15) is 38.2 Å². The maximum absolute atomic E-state index is 13.6. The Bertz CT molecular complexity index is 1700. The number of Topliss-reactive ketones (excluding diaryl/α,β-unsaturated/α-hetero) is 2. The van der Waals surface area contributed by atoms with Gasteiger partial charge in [0, 0.05) is 30.7 Å². The Labute approximate surface area is 272 Å². The lowest BCUT2D eigenvalue weighted by Gasteiger charge is -2.19. The van der Waals surface area contributed by atoms with Crippen molar-refractivity contribution in [3.8, 4) is 17.3 Å². The van der Waals surface area contributed by atoms with Crippen molar-refractivity contribution < 1.29 is 28.7 Å². The third-order valence-electron chi connectivity index (χ3n) is 6.99. The van der Waals surface area contributed by atoms with Crippen LogP contribution in [0, 0.1) is 0 Å². The number of hydrogen-bond donors (Lipinski definition) is 2. The van der Waals surface area contributed by atoms with Gasteiger partial charge in [0.2, 0.25) is 23.4 Å². The molecule has 1 atom stereocenters. The topological polar surface area (TPSA) is 159 Å². The van der Waals surface area contributed by atoms with Gasteiger partial charge in [0.25, 0.3) is 5.56 Å². The molecule has 0 spiro atoms. The molecule has 244 valence electrons. The molecule has 2 N–H and O–H groups in total. The fraction of sp³-hybridized carbons (Fsp3) is 0.286. The van der Waals surface area contributed by atoms with Gasteiger partial charge in [-0.15, -0.1) is 0 Å². The molecule has 47 heavy (non-hydrogen) atoms. The molecular weight excluding hydrogens is 602 g/mol. The molecule has 0 aliphatic rings. The minimum Gasteiger partial charge on any atom is -0.478 e. The standard InChI is InChI=1S/C35H37N5O7/c1-2-3-20-47-35(45)39-28-23-37-33(26-15-8-5-9-16-26)40(34(28)44)24-30(42)38-27(22-25-13-6-4-7-14-25)32(43)29(41)17-12-21-46-31-18-10-11-19-36-31/h4-11,13-16,18-19,23,27H,2-3,12,17,20-22,24H2,1H3,(H,38,42)(H,39,45). The molecule has 4 rings (SSSR count). The number of nitrogens with zero attached hydrogens (tertiary/aromatic N) is 3. The highest BCUT2D eigenvalue weighted by atomic mass is 16.5. The summed E-state index contributed by atoms with van der Waals surface area (Å²) in [5.74, 6) is -1.54. The van der Waals surface area contributed by atoms with Crippen LogP contribution in [0.25, 0.3) is 11.4 Å². The van der Waals surface area contributed by atoms with Gasteiger partial charge in [0.15, 0.2) is 0 Å². The lowest BCUT2D eigenvalue weighted by atomic mass is 9.98.